The topological polar surface area (TPSA) is 21.3 Å². The molecule has 2 heterocycles. The second-order valence-electron chi connectivity index (χ2n) is 14.1. The Balaban J connectivity index is 1.18. The highest BCUT2D eigenvalue weighted by Gasteiger charge is 2.23. The highest BCUT2D eigenvalue weighted by molar-refractivity contribution is 6.14. The Labute approximate surface area is 318 Å². The summed E-state index contributed by atoms with van der Waals surface area (Å²) in [5.41, 5.74) is 13.1. The van der Waals surface area contributed by atoms with Gasteiger partial charge in [-0.05, 0) is 76.2 Å². The monoisotopic (exact) mass is 702 g/mol. The summed E-state index contributed by atoms with van der Waals surface area (Å²) in [7, 11) is 0. The molecule has 0 spiro atoms. The molecule has 3 nitrogen and oxygen atoms in total. The molecule has 2 aromatic heterocycles. The van der Waals surface area contributed by atoms with Gasteiger partial charge in [0.25, 0.3) is 0 Å². The Hall–Kier alpha value is -7.36. The van der Waals surface area contributed by atoms with Gasteiger partial charge in [0, 0.05) is 38.3 Å². The van der Waals surface area contributed by atoms with Crippen LogP contribution in [0.4, 0.5) is 17.1 Å². The van der Waals surface area contributed by atoms with E-state index in [1.165, 1.54) is 43.9 Å². The minimum absolute atomic E-state index is 0.858. The highest BCUT2D eigenvalue weighted by Crippen LogP contribution is 2.47. The summed E-state index contributed by atoms with van der Waals surface area (Å²) in [6, 6.07) is 73.9. The average molecular weight is 703 g/mol. The van der Waals surface area contributed by atoms with Gasteiger partial charge in [0.05, 0.1) is 22.4 Å². The van der Waals surface area contributed by atoms with Gasteiger partial charge in [-0.25, -0.2) is 0 Å². The summed E-state index contributed by atoms with van der Waals surface area (Å²) >= 11 is 0. The molecule has 0 aliphatic carbocycles. The number of hydrogen-bond acceptors (Lipinski definition) is 2. The van der Waals surface area contributed by atoms with Gasteiger partial charge in [-0.1, -0.05) is 158 Å². The molecule has 0 aliphatic rings. The molecule has 0 amide bonds. The maximum absolute atomic E-state index is 6.74. The summed E-state index contributed by atoms with van der Waals surface area (Å²) in [6.07, 6.45) is 0. The Bertz CT molecular complexity index is 3190. The number of rotatable bonds is 6. The molecule has 258 valence electrons. The fourth-order valence-corrected chi connectivity index (χ4v) is 8.47. The Morgan fingerprint density at radius 1 is 0.364 bits per heavy atom. The van der Waals surface area contributed by atoms with Crippen LogP contribution in [0.2, 0.25) is 0 Å². The lowest BCUT2D eigenvalue weighted by Crippen LogP contribution is -2.11. The lowest BCUT2D eigenvalue weighted by Gasteiger charge is -2.28. The van der Waals surface area contributed by atoms with E-state index in [-0.39, 0.29) is 0 Å². The summed E-state index contributed by atoms with van der Waals surface area (Å²) in [4.78, 5) is 2.39. The third-order valence-corrected chi connectivity index (χ3v) is 11.0. The Morgan fingerprint density at radius 3 is 1.78 bits per heavy atom. The third-order valence-electron chi connectivity index (χ3n) is 11.0. The quantitative estimate of drug-likeness (QED) is 0.172. The van der Waals surface area contributed by atoms with Gasteiger partial charge < -0.3 is 13.9 Å². The van der Waals surface area contributed by atoms with Gasteiger partial charge in [-0.3, -0.25) is 0 Å². The second-order valence-corrected chi connectivity index (χ2v) is 14.1. The van der Waals surface area contributed by atoms with E-state index < -0.39 is 0 Å². The van der Waals surface area contributed by atoms with Crippen LogP contribution in [-0.4, -0.2) is 4.57 Å². The van der Waals surface area contributed by atoms with Crippen LogP contribution in [0.1, 0.15) is 0 Å². The average Bonchev–Trinajstić information content (AvgIpc) is 3.81. The molecule has 11 rings (SSSR count). The minimum Gasteiger partial charge on any atom is -0.454 e. The van der Waals surface area contributed by atoms with E-state index >= 15 is 0 Å². The van der Waals surface area contributed by atoms with Gasteiger partial charge >= 0.3 is 0 Å². The van der Waals surface area contributed by atoms with E-state index in [9.17, 15) is 0 Å². The highest BCUT2D eigenvalue weighted by atomic mass is 16.3. The number of para-hydroxylation sites is 3. The summed E-state index contributed by atoms with van der Waals surface area (Å²) in [6.45, 7) is 0. The van der Waals surface area contributed by atoms with Crippen LogP contribution in [0.3, 0.4) is 0 Å². The minimum atomic E-state index is 0.858. The molecule has 55 heavy (non-hydrogen) atoms. The fourth-order valence-electron chi connectivity index (χ4n) is 8.47. The maximum Gasteiger partial charge on any atom is 0.159 e. The molecule has 0 N–H and O–H groups in total. The molecular weight excluding hydrogens is 669 g/mol. The Kier molecular flexibility index (Phi) is 7.17. The van der Waals surface area contributed by atoms with Gasteiger partial charge in [0.15, 0.2) is 5.58 Å². The zero-order chi connectivity index (χ0) is 36.3. The first-order chi connectivity index (χ1) is 27.3. The summed E-state index contributed by atoms with van der Waals surface area (Å²) in [5.74, 6) is 0. The van der Waals surface area contributed by atoms with Crippen LogP contribution in [0.15, 0.2) is 211 Å². The zero-order valence-electron chi connectivity index (χ0n) is 29.9. The van der Waals surface area contributed by atoms with Crippen molar-refractivity contribution in [1.82, 2.24) is 4.57 Å². The number of aromatic nitrogens is 1. The van der Waals surface area contributed by atoms with Crippen molar-refractivity contribution in [2.75, 3.05) is 4.90 Å². The maximum atomic E-state index is 6.74. The standard InChI is InChI=1S/C52H34N2O/c1-3-14-35(15-4-1)36-26-28-38(29-27-36)53-47-23-11-9-20-43(47)44-31-30-39(34-50(44)53)54(49-24-13-22-46-45-21-10-12-25-51(45)55-52(46)49)48-33-32-40(37-16-5-2-6-17-37)41-18-7-8-19-42(41)48/h1-34H. The van der Waals surface area contributed by atoms with Crippen molar-refractivity contribution in [3.05, 3.63) is 206 Å². The molecule has 9 aromatic carbocycles. The van der Waals surface area contributed by atoms with E-state index in [1.807, 2.05) is 6.07 Å². The van der Waals surface area contributed by atoms with E-state index in [2.05, 4.69) is 210 Å². The van der Waals surface area contributed by atoms with Crippen LogP contribution < -0.4 is 4.90 Å². The van der Waals surface area contributed by atoms with Crippen molar-refractivity contribution in [3.8, 4) is 27.9 Å². The normalized spacial score (nSPS) is 11.6. The van der Waals surface area contributed by atoms with Crippen LogP contribution in [0, 0.1) is 0 Å². The lowest BCUT2D eigenvalue weighted by molar-refractivity contribution is 0.669. The number of anilines is 3. The summed E-state index contributed by atoms with van der Waals surface area (Å²) < 4.78 is 9.14. The van der Waals surface area contributed by atoms with Crippen molar-refractivity contribution in [1.29, 1.82) is 0 Å². The lowest BCUT2D eigenvalue weighted by atomic mass is 9.96. The molecule has 0 bridgehead atoms. The van der Waals surface area contributed by atoms with Crippen molar-refractivity contribution in [2.45, 2.75) is 0 Å². The SMILES string of the molecule is c1ccc(-c2ccc(-n3c4ccccc4c4ccc(N(c5ccc(-c6ccccc6)c6ccccc56)c5cccc6c5oc5ccccc56)cc43)cc2)cc1. The van der Waals surface area contributed by atoms with Crippen molar-refractivity contribution in [3.63, 3.8) is 0 Å². The van der Waals surface area contributed by atoms with E-state index in [0.29, 0.717) is 0 Å². The molecule has 3 heteroatoms. The summed E-state index contributed by atoms with van der Waals surface area (Å²) in [5, 5.41) is 6.99. The zero-order valence-corrected chi connectivity index (χ0v) is 29.9. The number of hydrogen-bond donors (Lipinski definition) is 0. The molecule has 0 saturated carbocycles. The first-order valence-electron chi connectivity index (χ1n) is 18.8. The number of fused-ring (bicyclic) bond motifs is 7. The van der Waals surface area contributed by atoms with Crippen LogP contribution >= 0.6 is 0 Å². The van der Waals surface area contributed by atoms with E-state index in [4.69, 9.17) is 4.42 Å². The van der Waals surface area contributed by atoms with E-state index in [0.717, 1.165) is 55.6 Å². The molecular formula is C52H34N2O. The van der Waals surface area contributed by atoms with Crippen LogP contribution in [0.25, 0.3) is 82.5 Å². The van der Waals surface area contributed by atoms with E-state index in [1.54, 1.807) is 0 Å². The molecule has 0 fully saturated rings. The first-order valence-corrected chi connectivity index (χ1v) is 18.8. The molecule has 0 aliphatic heterocycles. The van der Waals surface area contributed by atoms with Gasteiger partial charge in [0.2, 0.25) is 0 Å². The number of benzene rings is 9. The third kappa shape index (κ3) is 5.05. The van der Waals surface area contributed by atoms with Crippen molar-refractivity contribution >= 4 is 71.6 Å². The van der Waals surface area contributed by atoms with Gasteiger partial charge in [-0.2, -0.15) is 0 Å². The van der Waals surface area contributed by atoms with Crippen molar-refractivity contribution < 1.29 is 4.42 Å². The number of nitrogens with zero attached hydrogens (tertiary/aromatic N) is 2. The van der Waals surface area contributed by atoms with Crippen LogP contribution in [-0.2, 0) is 0 Å². The Morgan fingerprint density at radius 2 is 0.982 bits per heavy atom. The molecule has 0 atom stereocenters. The van der Waals surface area contributed by atoms with Crippen molar-refractivity contribution in [2.24, 2.45) is 0 Å². The predicted molar refractivity (Wildman–Crippen MR) is 231 cm³/mol. The molecule has 11 aromatic rings. The van der Waals surface area contributed by atoms with Crippen LogP contribution in [0.5, 0.6) is 0 Å². The fraction of sp³-hybridized carbons (Fsp3) is 0. The number of furan rings is 1. The first kappa shape index (κ1) is 31.2. The van der Waals surface area contributed by atoms with Gasteiger partial charge in [-0.15, -0.1) is 0 Å². The largest absolute Gasteiger partial charge is 0.454 e. The molecule has 0 radical (unpaired) electrons. The van der Waals surface area contributed by atoms with Gasteiger partial charge in [0.1, 0.15) is 5.58 Å². The second kappa shape index (κ2) is 12.6. The molecule has 0 unspecified atom stereocenters. The smallest absolute Gasteiger partial charge is 0.159 e. The predicted octanol–water partition coefficient (Wildman–Crippen LogP) is 14.6. The molecule has 0 saturated heterocycles.